The maximum atomic E-state index is 13.2. The molecule has 1 aromatic heterocycles. The lowest BCUT2D eigenvalue weighted by atomic mass is 9.81. The van der Waals surface area contributed by atoms with Gasteiger partial charge in [-0.1, -0.05) is 0 Å². The van der Waals surface area contributed by atoms with Gasteiger partial charge in [-0.15, -0.1) is 0 Å². The molecule has 0 unspecified atom stereocenters. The highest BCUT2D eigenvalue weighted by Gasteiger charge is 2.44. The van der Waals surface area contributed by atoms with Gasteiger partial charge in [0.2, 0.25) is 0 Å². The van der Waals surface area contributed by atoms with Crippen molar-refractivity contribution < 1.29 is 19.1 Å². The van der Waals surface area contributed by atoms with Crippen LogP contribution < -0.4 is 9.47 Å². The molecule has 0 atom stereocenters. The molecule has 1 N–H and O–H groups in total. The van der Waals surface area contributed by atoms with E-state index in [0.29, 0.717) is 55.0 Å². The summed E-state index contributed by atoms with van der Waals surface area (Å²) in [5, 5.41) is 7.96. The van der Waals surface area contributed by atoms with Crippen LogP contribution in [0.3, 0.4) is 0 Å². The Kier molecular flexibility index (Phi) is 4.50. The lowest BCUT2D eigenvalue weighted by Gasteiger charge is -2.44. The Labute approximate surface area is 180 Å². The Balaban J connectivity index is 1.35. The van der Waals surface area contributed by atoms with Gasteiger partial charge in [0.15, 0.2) is 5.78 Å². The maximum absolute atomic E-state index is 13.2. The molecule has 2 aromatic carbocycles. The number of amides is 1. The minimum absolute atomic E-state index is 0.00102. The molecule has 1 fully saturated rings. The van der Waals surface area contributed by atoms with Crippen LogP contribution in [0.1, 0.15) is 51.1 Å². The van der Waals surface area contributed by atoms with Crippen LogP contribution in [-0.4, -0.2) is 52.6 Å². The molecular formula is C24H25N3O4. The molecule has 0 aliphatic carbocycles. The number of aromatic amines is 1. The van der Waals surface area contributed by atoms with Crippen LogP contribution in [0, 0.1) is 13.8 Å². The molecule has 2 aliphatic rings. The van der Waals surface area contributed by atoms with Crippen molar-refractivity contribution in [2.24, 2.45) is 0 Å². The van der Waals surface area contributed by atoms with Crippen molar-refractivity contribution >= 4 is 22.6 Å². The van der Waals surface area contributed by atoms with Crippen LogP contribution in [0.15, 0.2) is 30.5 Å². The van der Waals surface area contributed by atoms with E-state index in [1.165, 1.54) is 0 Å². The number of nitrogens with zero attached hydrogens (tertiary/aromatic N) is 2. The summed E-state index contributed by atoms with van der Waals surface area (Å²) in [7, 11) is 1.61. The number of hydrogen-bond donors (Lipinski definition) is 1. The summed E-state index contributed by atoms with van der Waals surface area (Å²) in [4.78, 5) is 27.9. The molecule has 1 amide bonds. The van der Waals surface area contributed by atoms with Crippen molar-refractivity contribution in [1.82, 2.24) is 15.1 Å². The van der Waals surface area contributed by atoms with Crippen molar-refractivity contribution in [2.45, 2.75) is 38.7 Å². The number of H-pyrrole nitrogens is 1. The number of methoxy groups -OCH3 is 1. The highest BCUT2D eigenvalue weighted by atomic mass is 16.5. The van der Waals surface area contributed by atoms with Gasteiger partial charge in [0, 0.05) is 42.9 Å². The van der Waals surface area contributed by atoms with Gasteiger partial charge < -0.3 is 14.4 Å². The lowest BCUT2D eigenvalue weighted by Crippen LogP contribution is -2.52. The first-order valence-electron chi connectivity index (χ1n) is 10.5. The standard InChI is InChI=1S/C24H25N3O4/c1-14-9-18(30-3)11-20-21(14)19(28)12-24(31-20)4-6-27(7-5-24)23(29)16-8-15(2)22-17(10-16)13-25-26-22/h8-11,13H,4-7,12H2,1-3H3,(H,25,26). The minimum atomic E-state index is -0.565. The smallest absolute Gasteiger partial charge is 0.253 e. The van der Waals surface area contributed by atoms with Gasteiger partial charge in [0.1, 0.15) is 17.1 Å². The number of aryl methyl sites for hydroxylation is 2. The van der Waals surface area contributed by atoms with E-state index in [1.807, 2.05) is 36.9 Å². The molecule has 1 saturated heterocycles. The topological polar surface area (TPSA) is 84.5 Å². The highest BCUT2D eigenvalue weighted by molar-refractivity contribution is 6.02. The molecule has 0 saturated carbocycles. The fourth-order valence-electron chi connectivity index (χ4n) is 4.87. The van der Waals surface area contributed by atoms with Crippen molar-refractivity contribution in [3.63, 3.8) is 0 Å². The first-order valence-corrected chi connectivity index (χ1v) is 10.5. The fourth-order valence-corrected chi connectivity index (χ4v) is 4.87. The second-order valence-electron chi connectivity index (χ2n) is 8.62. The molecule has 7 nitrogen and oxygen atoms in total. The third-order valence-electron chi connectivity index (χ3n) is 6.55. The van der Waals surface area contributed by atoms with E-state index in [4.69, 9.17) is 9.47 Å². The van der Waals surface area contributed by atoms with Gasteiger partial charge in [0.25, 0.3) is 5.91 Å². The second kappa shape index (κ2) is 7.11. The van der Waals surface area contributed by atoms with Crippen molar-refractivity contribution in [3.8, 4) is 11.5 Å². The van der Waals surface area contributed by atoms with E-state index >= 15 is 0 Å². The Morgan fingerprint density at radius 3 is 2.68 bits per heavy atom. The number of aromatic nitrogens is 2. The summed E-state index contributed by atoms with van der Waals surface area (Å²) < 4.78 is 11.8. The average Bonchev–Trinajstić information content (AvgIpc) is 3.22. The zero-order chi connectivity index (χ0) is 21.8. The van der Waals surface area contributed by atoms with Crippen LogP contribution in [0.2, 0.25) is 0 Å². The van der Waals surface area contributed by atoms with Crippen LogP contribution in [-0.2, 0) is 0 Å². The molecule has 1 spiro atoms. The Bertz CT molecular complexity index is 1200. The summed E-state index contributed by atoms with van der Waals surface area (Å²) in [6, 6.07) is 7.43. The molecule has 0 bridgehead atoms. The number of carbonyl (C=O) groups excluding carboxylic acids is 2. The Hall–Kier alpha value is -3.35. The first-order chi connectivity index (χ1) is 14.9. The number of ether oxygens (including phenoxy) is 2. The quantitative estimate of drug-likeness (QED) is 0.682. The number of ketones is 1. The number of rotatable bonds is 2. The van der Waals surface area contributed by atoms with Gasteiger partial charge in [0.05, 0.1) is 30.8 Å². The molecular weight excluding hydrogens is 394 g/mol. The first kappa shape index (κ1) is 19.6. The fraction of sp³-hybridized carbons (Fsp3) is 0.375. The summed E-state index contributed by atoms with van der Waals surface area (Å²) in [6.45, 7) is 4.97. The summed E-state index contributed by atoms with van der Waals surface area (Å²) in [6.07, 6.45) is 3.31. The Morgan fingerprint density at radius 1 is 1.16 bits per heavy atom. The predicted molar refractivity (Wildman–Crippen MR) is 116 cm³/mol. The third-order valence-corrected chi connectivity index (χ3v) is 6.55. The van der Waals surface area contributed by atoms with Gasteiger partial charge in [-0.05, 0) is 43.2 Å². The van der Waals surface area contributed by atoms with E-state index < -0.39 is 5.60 Å². The molecule has 5 rings (SSSR count). The van der Waals surface area contributed by atoms with Gasteiger partial charge in [-0.2, -0.15) is 5.10 Å². The van der Waals surface area contributed by atoms with E-state index in [9.17, 15) is 9.59 Å². The number of fused-ring (bicyclic) bond motifs is 2. The number of benzene rings is 2. The van der Waals surface area contributed by atoms with E-state index in [1.54, 1.807) is 19.4 Å². The van der Waals surface area contributed by atoms with Gasteiger partial charge in [-0.25, -0.2) is 0 Å². The third kappa shape index (κ3) is 3.24. The molecule has 2 aliphatic heterocycles. The molecule has 0 radical (unpaired) electrons. The maximum Gasteiger partial charge on any atom is 0.253 e. The molecule has 7 heteroatoms. The normalized spacial score (nSPS) is 17.5. The zero-order valence-electron chi connectivity index (χ0n) is 17.9. The number of piperidine rings is 1. The van der Waals surface area contributed by atoms with E-state index in [0.717, 1.165) is 22.0 Å². The molecule has 160 valence electrons. The van der Waals surface area contributed by atoms with Gasteiger partial charge >= 0.3 is 0 Å². The van der Waals surface area contributed by atoms with Crippen molar-refractivity contribution in [1.29, 1.82) is 0 Å². The largest absolute Gasteiger partial charge is 0.497 e. The van der Waals surface area contributed by atoms with Crippen LogP contribution in [0.4, 0.5) is 0 Å². The predicted octanol–water partition coefficient (Wildman–Crippen LogP) is 3.83. The monoisotopic (exact) mass is 419 g/mol. The molecule has 31 heavy (non-hydrogen) atoms. The number of carbonyl (C=O) groups is 2. The number of nitrogens with one attached hydrogen (secondary N) is 1. The summed E-state index contributed by atoms with van der Waals surface area (Å²) >= 11 is 0. The van der Waals surface area contributed by atoms with Crippen LogP contribution in [0.25, 0.3) is 10.9 Å². The second-order valence-corrected chi connectivity index (χ2v) is 8.62. The lowest BCUT2D eigenvalue weighted by molar-refractivity contribution is -0.00588. The summed E-state index contributed by atoms with van der Waals surface area (Å²) in [5.41, 5.74) is 3.56. The van der Waals surface area contributed by atoms with E-state index in [-0.39, 0.29) is 11.7 Å². The zero-order valence-corrected chi connectivity index (χ0v) is 17.9. The van der Waals surface area contributed by atoms with E-state index in [2.05, 4.69) is 10.2 Å². The van der Waals surface area contributed by atoms with Crippen LogP contribution in [0.5, 0.6) is 11.5 Å². The van der Waals surface area contributed by atoms with Crippen molar-refractivity contribution in [2.75, 3.05) is 20.2 Å². The minimum Gasteiger partial charge on any atom is -0.497 e. The number of Topliss-reactive ketones (excluding diaryl/α,β-unsaturated/α-hetero) is 1. The molecule has 3 aromatic rings. The van der Waals surface area contributed by atoms with Crippen LogP contribution >= 0.6 is 0 Å². The average molecular weight is 419 g/mol. The van der Waals surface area contributed by atoms with Crippen molar-refractivity contribution in [3.05, 3.63) is 52.7 Å². The van der Waals surface area contributed by atoms with Gasteiger partial charge in [-0.3, -0.25) is 14.7 Å². The summed E-state index contributed by atoms with van der Waals surface area (Å²) in [5.74, 6) is 1.37. The Morgan fingerprint density at radius 2 is 1.94 bits per heavy atom. The highest BCUT2D eigenvalue weighted by Crippen LogP contribution is 2.42. The molecule has 3 heterocycles. The number of likely N-dealkylation sites (tertiary alicyclic amines) is 1. The SMILES string of the molecule is COc1cc(C)c2c(c1)OC1(CCN(C(=O)c3cc(C)c4[nH]ncc4c3)CC1)CC2=O. The number of hydrogen-bond acceptors (Lipinski definition) is 5.